The second-order valence-electron chi connectivity index (χ2n) is 6.59. The summed E-state index contributed by atoms with van der Waals surface area (Å²) in [6.45, 7) is 0. The lowest BCUT2D eigenvalue weighted by Gasteiger charge is -2.42. The van der Waals surface area contributed by atoms with Crippen molar-refractivity contribution in [1.82, 2.24) is 20.2 Å². The van der Waals surface area contributed by atoms with E-state index in [1.807, 2.05) is 24.3 Å². The van der Waals surface area contributed by atoms with Crippen molar-refractivity contribution in [2.24, 2.45) is 0 Å². The van der Waals surface area contributed by atoms with E-state index in [1.165, 1.54) is 12.4 Å². The van der Waals surface area contributed by atoms with Gasteiger partial charge in [0.2, 0.25) is 0 Å². The van der Waals surface area contributed by atoms with Crippen LogP contribution in [-0.2, 0) is 18.0 Å². The highest BCUT2D eigenvalue weighted by molar-refractivity contribution is 6.31. The van der Waals surface area contributed by atoms with Gasteiger partial charge in [0.15, 0.2) is 0 Å². The zero-order chi connectivity index (χ0) is 19.1. The third-order valence-electron chi connectivity index (χ3n) is 4.87. The highest BCUT2D eigenvalue weighted by atomic mass is 35.5. The van der Waals surface area contributed by atoms with Crippen LogP contribution in [0.4, 0.5) is 13.2 Å². The van der Waals surface area contributed by atoms with Crippen LogP contribution in [0.15, 0.2) is 41.1 Å². The van der Waals surface area contributed by atoms with E-state index in [1.54, 1.807) is 0 Å². The lowest BCUT2D eigenvalue weighted by Crippen LogP contribution is -2.37. The zero-order valence-corrected chi connectivity index (χ0v) is 14.8. The standard InChI is InChI=1S/C18H14ClF3N4O/c19-13-5-2-1-4-12(13)17(6-3-7-17)8-14-23-9-11(10-24-14)15-25-26-16(27-15)18(20,21)22/h1-2,4-5,9-10H,3,6-8H2. The Kier molecular flexibility index (Phi) is 4.38. The van der Waals surface area contributed by atoms with Crippen molar-refractivity contribution in [1.29, 1.82) is 0 Å². The summed E-state index contributed by atoms with van der Waals surface area (Å²) in [5.74, 6) is -1.07. The van der Waals surface area contributed by atoms with E-state index in [9.17, 15) is 13.2 Å². The number of alkyl halides is 3. The van der Waals surface area contributed by atoms with Gasteiger partial charge in [0.25, 0.3) is 5.89 Å². The molecule has 0 atom stereocenters. The summed E-state index contributed by atoms with van der Waals surface area (Å²) in [6, 6.07) is 7.74. The molecule has 0 aliphatic heterocycles. The van der Waals surface area contributed by atoms with Crippen LogP contribution in [0, 0.1) is 0 Å². The Hall–Kier alpha value is -2.48. The quantitative estimate of drug-likeness (QED) is 0.632. The molecule has 0 radical (unpaired) electrons. The van der Waals surface area contributed by atoms with E-state index in [0.717, 1.165) is 29.8 Å². The number of halogens is 4. The molecule has 0 unspecified atom stereocenters. The fraction of sp³-hybridized carbons (Fsp3) is 0.333. The third kappa shape index (κ3) is 3.41. The Morgan fingerprint density at radius 1 is 1.07 bits per heavy atom. The average molecular weight is 395 g/mol. The van der Waals surface area contributed by atoms with Crippen LogP contribution >= 0.6 is 11.6 Å². The summed E-state index contributed by atoms with van der Waals surface area (Å²) < 4.78 is 42.4. The van der Waals surface area contributed by atoms with Gasteiger partial charge >= 0.3 is 12.1 Å². The maximum atomic E-state index is 12.6. The summed E-state index contributed by atoms with van der Waals surface area (Å²) in [4.78, 5) is 8.57. The maximum absolute atomic E-state index is 12.6. The van der Waals surface area contributed by atoms with Crippen LogP contribution in [0.2, 0.25) is 5.02 Å². The predicted octanol–water partition coefficient (Wildman–Crippen LogP) is 4.86. The molecule has 2 aromatic heterocycles. The van der Waals surface area contributed by atoms with Gasteiger partial charge in [-0.2, -0.15) is 13.2 Å². The highest BCUT2D eigenvalue weighted by Gasteiger charge is 2.41. The molecule has 1 aliphatic rings. The molecule has 1 saturated carbocycles. The Labute approximate surface area is 157 Å². The number of rotatable bonds is 4. The van der Waals surface area contributed by atoms with E-state index in [0.29, 0.717) is 12.2 Å². The van der Waals surface area contributed by atoms with Crippen molar-refractivity contribution in [3.05, 3.63) is 59.0 Å². The fourth-order valence-electron chi connectivity index (χ4n) is 3.35. The van der Waals surface area contributed by atoms with Crippen molar-refractivity contribution in [2.75, 3.05) is 0 Å². The molecule has 0 N–H and O–H groups in total. The van der Waals surface area contributed by atoms with E-state index >= 15 is 0 Å². The van der Waals surface area contributed by atoms with Crippen LogP contribution < -0.4 is 0 Å². The van der Waals surface area contributed by atoms with Gasteiger partial charge in [0, 0.05) is 29.3 Å². The number of hydrogen-bond donors (Lipinski definition) is 0. The molecule has 0 bridgehead atoms. The van der Waals surface area contributed by atoms with Gasteiger partial charge in [0.05, 0.1) is 5.56 Å². The molecule has 0 amide bonds. The first-order valence-electron chi connectivity index (χ1n) is 8.34. The van der Waals surface area contributed by atoms with E-state index < -0.39 is 12.1 Å². The van der Waals surface area contributed by atoms with Crippen molar-refractivity contribution in [3.8, 4) is 11.5 Å². The number of aromatic nitrogens is 4. The predicted molar refractivity (Wildman–Crippen MR) is 91.0 cm³/mol. The molecule has 1 aromatic carbocycles. The van der Waals surface area contributed by atoms with E-state index in [4.69, 9.17) is 11.6 Å². The first-order valence-corrected chi connectivity index (χ1v) is 8.72. The van der Waals surface area contributed by atoms with Crippen molar-refractivity contribution in [2.45, 2.75) is 37.3 Å². The minimum absolute atomic E-state index is 0.103. The monoisotopic (exact) mass is 394 g/mol. The highest BCUT2D eigenvalue weighted by Crippen LogP contribution is 2.48. The Morgan fingerprint density at radius 2 is 1.78 bits per heavy atom. The van der Waals surface area contributed by atoms with Gasteiger partial charge in [-0.3, -0.25) is 0 Å². The smallest absolute Gasteiger partial charge is 0.413 e. The molecule has 0 spiro atoms. The Morgan fingerprint density at radius 3 is 2.33 bits per heavy atom. The van der Waals surface area contributed by atoms with Crippen molar-refractivity contribution >= 4 is 11.6 Å². The first kappa shape index (κ1) is 17.9. The molecule has 2 heterocycles. The molecule has 4 rings (SSSR count). The maximum Gasteiger partial charge on any atom is 0.470 e. The Balaban J connectivity index is 1.56. The second kappa shape index (κ2) is 6.60. The van der Waals surface area contributed by atoms with Gasteiger partial charge < -0.3 is 4.42 Å². The minimum Gasteiger partial charge on any atom is -0.413 e. The average Bonchev–Trinajstić information content (AvgIpc) is 3.10. The summed E-state index contributed by atoms with van der Waals surface area (Å²) in [5.41, 5.74) is 1.22. The van der Waals surface area contributed by atoms with Gasteiger partial charge in [-0.25, -0.2) is 9.97 Å². The summed E-state index contributed by atoms with van der Waals surface area (Å²) in [7, 11) is 0. The summed E-state index contributed by atoms with van der Waals surface area (Å²) in [6.07, 6.45) is 1.79. The minimum atomic E-state index is -4.68. The van der Waals surface area contributed by atoms with E-state index in [-0.39, 0.29) is 16.9 Å². The lowest BCUT2D eigenvalue weighted by atomic mass is 9.62. The van der Waals surface area contributed by atoms with Gasteiger partial charge in [-0.1, -0.05) is 36.2 Å². The first-order chi connectivity index (χ1) is 12.9. The molecule has 0 saturated heterocycles. The van der Waals surface area contributed by atoms with Gasteiger partial charge in [-0.15, -0.1) is 10.2 Å². The molecular formula is C18H14ClF3N4O. The third-order valence-corrected chi connectivity index (χ3v) is 5.20. The molecule has 5 nitrogen and oxygen atoms in total. The van der Waals surface area contributed by atoms with Crippen LogP contribution in [0.25, 0.3) is 11.5 Å². The lowest BCUT2D eigenvalue weighted by molar-refractivity contribution is -0.156. The van der Waals surface area contributed by atoms with E-state index in [2.05, 4.69) is 24.6 Å². The number of nitrogens with zero attached hydrogens (tertiary/aromatic N) is 4. The fourth-order valence-corrected chi connectivity index (χ4v) is 3.69. The Bertz CT molecular complexity index is 952. The van der Waals surface area contributed by atoms with Crippen molar-refractivity contribution < 1.29 is 17.6 Å². The molecule has 3 aromatic rings. The molecule has 1 fully saturated rings. The summed E-state index contributed by atoms with van der Waals surface area (Å²) >= 11 is 6.37. The zero-order valence-electron chi connectivity index (χ0n) is 14.0. The molecule has 1 aliphatic carbocycles. The van der Waals surface area contributed by atoms with Crippen LogP contribution in [0.3, 0.4) is 0 Å². The van der Waals surface area contributed by atoms with Crippen molar-refractivity contribution in [3.63, 3.8) is 0 Å². The second-order valence-corrected chi connectivity index (χ2v) is 7.00. The molecule has 140 valence electrons. The van der Waals surface area contributed by atoms with Crippen LogP contribution in [0.5, 0.6) is 0 Å². The summed E-state index contributed by atoms with van der Waals surface area (Å²) in [5, 5.41) is 7.14. The van der Waals surface area contributed by atoms with Gasteiger partial charge in [-0.05, 0) is 24.5 Å². The number of hydrogen-bond acceptors (Lipinski definition) is 5. The molecular weight excluding hydrogens is 381 g/mol. The normalized spacial score (nSPS) is 16.1. The SMILES string of the molecule is FC(F)(F)c1nnc(-c2cnc(CC3(c4ccccc4Cl)CCC3)nc2)o1. The molecule has 9 heteroatoms. The largest absolute Gasteiger partial charge is 0.470 e. The topological polar surface area (TPSA) is 64.7 Å². The number of benzene rings is 1. The van der Waals surface area contributed by atoms with Gasteiger partial charge in [0.1, 0.15) is 5.82 Å². The molecule has 27 heavy (non-hydrogen) atoms. The van der Waals surface area contributed by atoms with Crippen LogP contribution in [-0.4, -0.2) is 20.2 Å². The van der Waals surface area contributed by atoms with Crippen LogP contribution in [0.1, 0.15) is 36.5 Å².